The summed E-state index contributed by atoms with van der Waals surface area (Å²) in [4.78, 5) is 18.0. The molecule has 0 amide bonds. The van der Waals surface area contributed by atoms with Crippen molar-refractivity contribution in [1.82, 2.24) is 10.2 Å². The Morgan fingerprint density at radius 1 is 1.26 bits per heavy atom. The predicted molar refractivity (Wildman–Crippen MR) is 81.7 cm³/mol. The van der Waals surface area contributed by atoms with Gasteiger partial charge in [0.25, 0.3) is 0 Å². The zero-order valence-electron chi connectivity index (χ0n) is 12.9. The number of amidine groups is 1. The number of nitrogens with two attached hydrogens (primary N) is 1. The zero-order valence-corrected chi connectivity index (χ0v) is 12.9. The monoisotopic (exact) mass is 270 g/mol. The van der Waals surface area contributed by atoms with Gasteiger partial charge in [0.05, 0.1) is 11.9 Å². The Kier molecular flexibility index (Phi) is 10.4. The van der Waals surface area contributed by atoms with Gasteiger partial charge in [-0.2, -0.15) is 0 Å². The van der Waals surface area contributed by atoms with Crippen LogP contribution in [0.15, 0.2) is 4.99 Å². The fourth-order valence-corrected chi connectivity index (χ4v) is 1.98. The number of rotatable bonds is 11. The van der Waals surface area contributed by atoms with Crippen molar-refractivity contribution in [2.24, 2.45) is 10.7 Å². The maximum Gasteiger partial charge on any atom is 0.149 e. The summed E-state index contributed by atoms with van der Waals surface area (Å²) in [7, 11) is 7.62. The number of ketones is 1. The molecule has 0 fully saturated rings. The Morgan fingerprint density at radius 3 is 2.47 bits per heavy atom. The molecule has 0 saturated carbocycles. The molecule has 0 aliphatic rings. The highest BCUT2D eigenvalue weighted by Gasteiger charge is 2.15. The van der Waals surface area contributed by atoms with Crippen LogP contribution in [0.1, 0.15) is 38.5 Å². The van der Waals surface area contributed by atoms with Crippen molar-refractivity contribution in [3.8, 4) is 0 Å². The molecule has 19 heavy (non-hydrogen) atoms. The molecule has 5 heteroatoms. The first-order chi connectivity index (χ1) is 9.01. The number of likely N-dealkylation sites (N-methyl/N-ethyl adjacent to an activating group) is 1. The highest BCUT2D eigenvalue weighted by atomic mass is 16.1. The molecular formula is C14H30N4O. The summed E-state index contributed by atoms with van der Waals surface area (Å²) >= 11 is 0. The third-order valence-electron chi connectivity index (χ3n) is 3.23. The van der Waals surface area contributed by atoms with Gasteiger partial charge in [-0.3, -0.25) is 9.79 Å². The van der Waals surface area contributed by atoms with E-state index in [1.54, 1.807) is 7.05 Å². The lowest BCUT2D eigenvalue weighted by atomic mass is 10.0. The molecule has 112 valence electrons. The van der Waals surface area contributed by atoms with E-state index in [1.807, 2.05) is 21.1 Å². The second-order valence-corrected chi connectivity index (χ2v) is 5.18. The summed E-state index contributed by atoms with van der Waals surface area (Å²) in [5.41, 5.74) is 5.64. The maximum atomic E-state index is 12.0. The number of carbonyl (C=O) groups excluding carboxylic acids is 1. The third-order valence-corrected chi connectivity index (χ3v) is 3.23. The van der Waals surface area contributed by atoms with Gasteiger partial charge in [-0.1, -0.05) is 6.42 Å². The van der Waals surface area contributed by atoms with Gasteiger partial charge in [0.15, 0.2) is 0 Å². The standard InChI is InChI=1S/C14H30N4O/c1-16-12(8-5-6-10-14(15)17-2)13(19)9-7-11-18(3)4/h12,16H,5-11H2,1-4H3,(H2,15,17)/t12-/m0/s1. The van der Waals surface area contributed by atoms with E-state index >= 15 is 0 Å². The lowest BCUT2D eigenvalue weighted by Crippen LogP contribution is -2.34. The molecule has 0 aromatic heterocycles. The average Bonchev–Trinajstić information content (AvgIpc) is 2.37. The Balaban J connectivity index is 3.83. The molecule has 0 aromatic rings. The van der Waals surface area contributed by atoms with Crippen molar-refractivity contribution in [3.63, 3.8) is 0 Å². The molecule has 3 N–H and O–H groups in total. The number of hydrogen-bond acceptors (Lipinski definition) is 4. The van der Waals surface area contributed by atoms with Gasteiger partial charge in [-0.15, -0.1) is 0 Å². The van der Waals surface area contributed by atoms with Crippen LogP contribution in [0.4, 0.5) is 0 Å². The molecule has 0 rings (SSSR count). The van der Waals surface area contributed by atoms with Crippen molar-refractivity contribution in [3.05, 3.63) is 0 Å². The van der Waals surface area contributed by atoms with Crippen molar-refractivity contribution in [2.75, 3.05) is 34.7 Å². The summed E-state index contributed by atoms with van der Waals surface area (Å²) in [6.45, 7) is 0.964. The zero-order chi connectivity index (χ0) is 14.7. The first-order valence-electron chi connectivity index (χ1n) is 7.07. The summed E-state index contributed by atoms with van der Waals surface area (Å²) in [6.07, 6.45) is 5.28. The van der Waals surface area contributed by atoms with Crippen molar-refractivity contribution in [1.29, 1.82) is 0 Å². The van der Waals surface area contributed by atoms with Crippen molar-refractivity contribution in [2.45, 2.75) is 44.6 Å². The number of unbranched alkanes of at least 4 members (excludes halogenated alkanes) is 1. The molecule has 0 aliphatic heterocycles. The fourth-order valence-electron chi connectivity index (χ4n) is 1.98. The van der Waals surface area contributed by atoms with Gasteiger partial charge in [0, 0.05) is 19.9 Å². The minimum Gasteiger partial charge on any atom is -0.387 e. The number of aliphatic imine (C=N–C) groups is 1. The van der Waals surface area contributed by atoms with E-state index in [-0.39, 0.29) is 6.04 Å². The molecule has 0 spiro atoms. The van der Waals surface area contributed by atoms with E-state index < -0.39 is 0 Å². The van der Waals surface area contributed by atoms with Crippen LogP contribution in [-0.4, -0.2) is 57.3 Å². The van der Waals surface area contributed by atoms with E-state index in [0.29, 0.717) is 18.0 Å². The number of carbonyl (C=O) groups is 1. The minimum atomic E-state index is -0.0121. The number of hydrogen-bond donors (Lipinski definition) is 2. The maximum absolute atomic E-state index is 12.0. The van der Waals surface area contributed by atoms with Crippen LogP contribution in [-0.2, 0) is 4.79 Å². The highest BCUT2D eigenvalue weighted by Crippen LogP contribution is 2.07. The predicted octanol–water partition coefficient (Wildman–Crippen LogP) is 1.03. The number of nitrogens with zero attached hydrogens (tertiary/aromatic N) is 2. The number of nitrogens with one attached hydrogen (secondary N) is 1. The smallest absolute Gasteiger partial charge is 0.149 e. The van der Waals surface area contributed by atoms with E-state index in [1.165, 1.54) is 0 Å². The Hall–Kier alpha value is -0.940. The van der Waals surface area contributed by atoms with Gasteiger partial charge in [-0.25, -0.2) is 0 Å². The summed E-state index contributed by atoms with van der Waals surface area (Å²) in [5.74, 6) is 1.01. The van der Waals surface area contributed by atoms with Crippen LogP contribution >= 0.6 is 0 Å². The first-order valence-corrected chi connectivity index (χ1v) is 7.07. The molecule has 0 heterocycles. The highest BCUT2D eigenvalue weighted by molar-refractivity contribution is 5.84. The topological polar surface area (TPSA) is 70.7 Å². The lowest BCUT2D eigenvalue weighted by molar-refractivity contribution is -0.121. The lowest BCUT2D eigenvalue weighted by Gasteiger charge is -2.15. The second-order valence-electron chi connectivity index (χ2n) is 5.18. The first kappa shape index (κ1) is 18.1. The SMILES string of the molecule is CN=C(N)CCCC[C@H](NC)C(=O)CCCN(C)C. The molecule has 0 unspecified atom stereocenters. The van der Waals surface area contributed by atoms with Crippen LogP contribution in [0.2, 0.25) is 0 Å². The molecular weight excluding hydrogens is 240 g/mol. The Morgan fingerprint density at radius 2 is 1.95 bits per heavy atom. The number of Topliss-reactive ketones (excluding diaryl/α,β-unsaturated/α-hetero) is 1. The Labute approximate surface area is 117 Å². The van der Waals surface area contributed by atoms with Crippen LogP contribution < -0.4 is 11.1 Å². The second kappa shape index (κ2) is 10.9. The Bertz CT molecular complexity index is 277. The average molecular weight is 270 g/mol. The third kappa shape index (κ3) is 9.62. The van der Waals surface area contributed by atoms with Gasteiger partial charge < -0.3 is 16.0 Å². The van der Waals surface area contributed by atoms with Crippen molar-refractivity contribution < 1.29 is 4.79 Å². The summed E-state index contributed by atoms with van der Waals surface area (Å²) in [6, 6.07) is -0.0121. The normalized spacial score (nSPS) is 13.8. The van der Waals surface area contributed by atoms with Gasteiger partial charge in [0.2, 0.25) is 0 Å². The largest absolute Gasteiger partial charge is 0.387 e. The van der Waals surface area contributed by atoms with E-state index in [9.17, 15) is 4.79 Å². The van der Waals surface area contributed by atoms with E-state index in [2.05, 4.69) is 15.2 Å². The summed E-state index contributed by atoms with van der Waals surface area (Å²) < 4.78 is 0. The molecule has 0 bridgehead atoms. The fraction of sp³-hybridized carbons (Fsp3) is 0.857. The van der Waals surface area contributed by atoms with Crippen LogP contribution in [0.5, 0.6) is 0 Å². The molecule has 0 aromatic carbocycles. The quantitative estimate of drug-likeness (QED) is 0.334. The van der Waals surface area contributed by atoms with Crippen LogP contribution in [0.3, 0.4) is 0 Å². The van der Waals surface area contributed by atoms with E-state index in [0.717, 1.165) is 38.6 Å². The van der Waals surface area contributed by atoms with Gasteiger partial charge in [0.1, 0.15) is 5.78 Å². The molecule has 0 radical (unpaired) electrons. The van der Waals surface area contributed by atoms with Crippen LogP contribution in [0.25, 0.3) is 0 Å². The molecule has 0 aliphatic carbocycles. The van der Waals surface area contributed by atoms with E-state index in [4.69, 9.17) is 5.73 Å². The van der Waals surface area contributed by atoms with Gasteiger partial charge >= 0.3 is 0 Å². The molecule has 1 atom stereocenters. The van der Waals surface area contributed by atoms with Gasteiger partial charge in [-0.05, 0) is 47.0 Å². The minimum absolute atomic E-state index is 0.0121. The molecule has 0 saturated heterocycles. The van der Waals surface area contributed by atoms with Crippen molar-refractivity contribution >= 4 is 11.6 Å². The summed E-state index contributed by atoms with van der Waals surface area (Å²) in [5, 5.41) is 3.12. The molecule has 5 nitrogen and oxygen atoms in total. The van der Waals surface area contributed by atoms with Crippen LogP contribution in [0, 0.1) is 0 Å².